The predicted octanol–water partition coefficient (Wildman–Crippen LogP) is 1.07. The van der Waals surface area contributed by atoms with Crippen LogP contribution < -0.4 is 14.9 Å². The molecule has 3 heterocycles. The average Bonchev–Trinajstić information content (AvgIpc) is 3.15. The molecule has 10 heteroatoms. The number of nitrogens with one attached hydrogen (secondary N) is 2. The Morgan fingerprint density at radius 2 is 2.08 bits per heavy atom. The van der Waals surface area contributed by atoms with Crippen molar-refractivity contribution in [1.82, 2.24) is 14.7 Å². The number of nitrogens with zero attached hydrogens (tertiary/aromatic N) is 3. The number of morpholine rings is 1. The molecule has 3 rings (SSSR count). The van der Waals surface area contributed by atoms with Crippen LogP contribution in [-0.2, 0) is 14.8 Å². The lowest BCUT2D eigenvalue weighted by Gasteiger charge is -2.28. The molecule has 0 amide bonds. The summed E-state index contributed by atoms with van der Waals surface area (Å²) in [7, 11) is -3.43. The first-order valence-corrected chi connectivity index (χ1v) is 10.4. The van der Waals surface area contributed by atoms with Crippen LogP contribution in [0.2, 0.25) is 0 Å². The molecule has 0 aliphatic carbocycles. The van der Waals surface area contributed by atoms with E-state index < -0.39 is 10.0 Å². The van der Waals surface area contributed by atoms with Crippen molar-refractivity contribution in [2.75, 3.05) is 49.6 Å². The van der Waals surface area contributed by atoms with Crippen LogP contribution in [-0.4, -0.2) is 57.8 Å². The number of aromatic nitrogens is 2. The van der Waals surface area contributed by atoms with E-state index in [2.05, 4.69) is 24.9 Å². The Labute approximate surface area is 151 Å². The van der Waals surface area contributed by atoms with Crippen LogP contribution in [0.15, 0.2) is 27.8 Å². The zero-order valence-electron chi connectivity index (χ0n) is 13.9. The van der Waals surface area contributed by atoms with Crippen LogP contribution in [0.25, 0.3) is 0 Å². The van der Waals surface area contributed by atoms with E-state index in [1.165, 1.54) is 11.3 Å². The highest BCUT2D eigenvalue weighted by atomic mass is 32.2. The lowest BCUT2D eigenvalue weighted by molar-refractivity contribution is 0.122. The van der Waals surface area contributed by atoms with Crippen molar-refractivity contribution in [3.05, 3.63) is 29.4 Å². The monoisotopic (exact) mass is 383 g/mol. The van der Waals surface area contributed by atoms with Crippen molar-refractivity contribution in [2.45, 2.75) is 11.1 Å². The Hall–Kier alpha value is -1.75. The van der Waals surface area contributed by atoms with E-state index in [1.54, 1.807) is 17.5 Å². The highest BCUT2D eigenvalue weighted by Gasteiger charge is 2.15. The molecule has 0 unspecified atom stereocenters. The van der Waals surface area contributed by atoms with E-state index in [9.17, 15) is 8.42 Å². The van der Waals surface area contributed by atoms with Gasteiger partial charge in [0.05, 0.1) is 13.2 Å². The summed E-state index contributed by atoms with van der Waals surface area (Å²) in [6.45, 7) is 5.54. The largest absolute Gasteiger partial charge is 0.378 e. The van der Waals surface area contributed by atoms with Gasteiger partial charge in [-0.25, -0.2) is 23.1 Å². The molecule has 25 heavy (non-hydrogen) atoms. The number of hydrogen-bond acceptors (Lipinski definition) is 8. The fourth-order valence-corrected chi connectivity index (χ4v) is 4.53. The van der Waals surface area contributed by atoms with Gasteiger partial charge in [-0.2, -0.15) is 0 Å². The minimum atomic E-state index is -3.43. The normalized spacial score (nSPS) is 15.3. The summed E-state index contributed by atoms with van der Waals surface area (Å²) in [6.07, 6.45) is 0. The van der Waals surface area contributed by atoms with Gasteiger partial charge in [-0.15, -0.1) is 11.3 Å². The lowest BCUT2D eigenvalue weighted by Crippen LogP contribution is -2.37. The number of ether oxygens (including phenoxy) is 1. The van der Waals surface area contributed by atoms with Crippen molar-refractivity contribution in [1.29, 1.82) is 0 Å². The van der Waals surface area contributed by atoms with Gasteiger partial charge >= 0.3 is 0 Å². The molecule has 0 bridgehead atoms. The van der Waals surface area contributed by atoms with Crippen molar-refractivity contribution < 1.29 is 13.2 Å². The fraction of sp³-hybridized carbons (Fsp3) is 0.467. The third kappa shape index (κ3) is 4.88. The molecule has 0 atom stereocenters. The maximum atomic E-state index is 12.0. The summed E-state index contributed by atoms with van der Waals surface area (Å²) in [5, 5.41) is 4.89. The Morgan fingerprint density at radius 1 is 1.28 bits per heavy atom. The molecule has 1 aliphatic rings. The van der Waals surface area contributed by atoms with Gasteiger partial charge in [-0.05, 0) is 18.4 Å². The van der Waals surface area contributed by atoms with E-state index >= 15 is 0 Å². The van der Waals surface area contributed by atoms with E-state index in [4.69, 9.17) is 4.74 Å². The van der Waals surface area contributed by atoms with Crippen molar-refractivity contribution in [2.24, 2.45) is 0 Å². The summed E-state index contributed by atoms with van der Waals surface area (Å²) < 4.78 is 32.3. The van der Waals surface area contributed by atoms with Crippen LogP contribution >= 0.6 is 11.3 Å². The number of sulfonamides is 1. The summed E-state index contributed by atoms with van der Waals surface area (Å²) >= 11 is 1.20. The maximum Gasteiger partial charge on any atom is 0.250 e. The first-order chi connectivity index (χ1) is 12.0. The van der Waals surface area contributed by atoms with E-state index in [1.807, 2.05) is 13.0 Å². The molecule has 8 nitrogen and oxygen atoms in total. The topological polar surface area (TPSA) is 96.5 Å². The Morgan fingerprint density at radius 3 is 2.80 bits per heavy atom. The second-order valence-electron chi connectivity index (χ2n) is 5.51. The van der Waals surface area contributed by atoms with Crippen LogP contribution in [0.5, 0.6) is 0 Å². The molecule has 0 aromatic carbocycles. The molecule has 2 N–H and O–H groups in total. The predicted molar refractivity (Wildman–Crippen MR) is 97.8 cm³/mol. The molecule has 0 spiro atoms. The van der Waals surface area contributed by atoms with Gasteiger partial charge in [0, 0.05) is 32.2 Å². The highest BCUT2D eigenvalue weighted by Crippen LogP contribution is 2.17. The summed E-state index contributed by atoms with van der Waals surface area (Å²) in [6, 6.07) is 5.18. The minimum Gasteiger partial charge on any atom is -0.378 e. The highest BCUT2D eigenvalue weighted by molar-refractivity contribution is 7.91. The Balaban J connectivity index is 1.55. The molecule has 1 aliphatic heterocycles. The molecule has 1 saturated heterocycles. The second-order valence-corrected chi connectivity index (χ2v) is 8.46. The first kappa shape index (κ1) is 18.1. The van der Waals surface area contributed by atoms with Gasteiger partial charge in [-0.1, -0.05) is 6.07 Å². The second kappa shape index (κ2) is 8.09. The number of aryl methyl sites for hydroxylation is 1. The maximum absolute atomic E-state index is 12.0. The van der Waals surface area contributed by atoms with E-state index in [0.717, 1.165) is 18.9 Å². The number of anilines is 2. The number of rotatable bonds is 7. The van der Waals surface area contributed by atoms with Gasteiger partial charge < -0.3 is 15.0 Å². The Bertz CT molecular complexity index is 790. The van der Waals surface area contributed by atoms with E-state index in [-0.39, 0.29) is 6.54 Å². The molecular weight excluding hydrogens is 362 g/mol. The third-order valence-electron chi connectivity index (χ3n) is 3.64. The molecule has 1 fully saturated rings. The average molecular weight is 383 g/mol. The number of thiophene rings is 1. The van der Waals surface area contributed by atoms with Crippen LogP contribution in [0.3, 0.4) is 0 Å². The van der Waals surface area contributed by atoms with Gasteiger partial charge in [-0.3, -0.25) is 0 Å². The van der Waals surface area contributed by atoms with Crippen LogP contribution in [0.1, 0.15) is 5.82 Å². The zero-order chi connectivity index (χ0) is 17.7. The van der Waals surface area contributed by atoms with Gasteiger partial charge in [0.1, 0.15) is 21.7 Å². The standard InChI is InChI=1S/C15H21N5O3S2/c1-12-18-13(11-14(19-12)20-6-8-23-9-7-20)16-4-5-17-25(21,22)15-3-2-10-24-15/h2-3,10-11,17H,4-9H2,1H3,(H,16,18,19). The Kier molecular flexibility index (Phi) is 5.84. The quantitative estimate of drug-likeness (QED) is 0.691. The van der Waals surface area contributed by atoms with Gasteiger partial charge in [0.2, 0.25) is 10.0 Å². The van der Waals surface area contributed by atoms with Crippen LogP contribution in [0.4, 0.5) is 11.6 Å². The minimum absolute atomic E-state index is 0.274. The van der Waals surface area contributed by atoms with Crippen molar-refractivity contribution in [3.8, 4) is 0 Å². The summed E-state index contributed by atoms with van der Waals surface area (Å²) in [5.74, 6) is 2.22. The number of hydrogen-bond donors (Lipinski definition) is 2. The summed E-state index contributed by atoms with van der Waals surface area (Å²) in [5.41, 5.74) is 0. The van der Waals surface area contributed by atoms with Crippen molar-refractivity contribution in [3.63, 3.8) is 0 Å². The van der Waals surface area contributed by atoms with Gasteiger partial charge in [0.15, 0.2) is 0 Å². The molecule has 0 radical (unpaired) electrons. The molecule has 2 aromatic heterocycles. The van der Waals surface area contributed by atoms with Gasteiger partial charge in [0.25, 0.3) is 0 Å². The molecule has 0 saturated carbocycles. The first-order valence-electron chi connectivity index (χ1n) is 8.00. The third-order valence-corrected chi connectivity index (χ3v) is 6.50. The van der Waals surface area contributed by atoms with E-state index in [0.29, 0.717) is 35.6 Å². The lowest BCUT2D eigenvalue weighted by atomic mass is 10.4. The zero-order valence-corrected chi connectivity index (χ0v) is 15.6. The fourth-order valence-electron chi connectivity index (χ4n) is 2.46. The molecule has 2 aromatic rings. The van der Waals surface area contributed by atoms with Crippen molar-refractivity contribution >= 4 is 33.0 Å². The SMILES string of the molecule is Cc1nc(NCCNS(=O)(=O)c2cccs2)cc(N2CCOCC2)n1. The smallest absolute Gasteiger partial charge is 0.250 e. The van der Waals surface area contributed by atoms with Crippen LogP contribution in [0, 0.1) is 6.92 Å². The molecular formula is C15H21N5O3S2. The summed E-state index contributed by atoms with van der Waals surface area (Å²) in [4.78, 5) is 11.0. The molecule has 136 valence electrons.